The molecule has 0 spiro atoms. The number of hydrogen-bond acceptors (Lipinski definition) is 4. The number of H-pyrrole nitrogens is 1. The van der Waals surface area contributed by atoms with Crippen molar-refractivity contribution in [2.24, 2.45) is 0 Å². The van der Waals surface area contributed by atoms with E-state index in [4.69, 9.17) is 11.6 Å². The lowest BCUT2D eigenvalue weighted by Crippen LogP contribution is -2.50. The molecule has 0 saturated carbocycles. The van der Waals surface area contributed by atoms with Crippen molar-refractivity contribution in [2.45, 2.75) is 18.3 Å². The van der Waals surface area contributed by atoms with Crippen LogP contribution in [0.2, 0.25) is 0 Å². The molecule has 1 aliphatic heterocycles. The highest BCUT2D eigenvalue weighted by atomic mass is 35.5. The van der Waals surface area contributed by atoms with Gasteiger partial charge in [-0.15, -0.1) is 11.6 Å². The molecule has 2 heterocycles. The van der Waals surface area contributed by atoms with Crippen LogP contribution in [0, 0.1) is 0 Å². The lowest BCUT2D eigenvalue weighted by Gasteiger charge is -2.37. The second kappa shape index (κ2) is 5.12. The molecule has 2 rings (SSSR count). The van der Waals surface area contributed by atoms with Gasteiger partial charge in [0.15, 0.2) is 5.82 Å². The highest BCUT2D eigenvalue weighted by Gasteiger charge is 2.23. The number of aromatic amines is 1. The fourth-order valence-corrected chi connectivity index (χ4v) is 2.14. The maximum absolute atomic E-state index is 5.68. The fourth-order valence-electron chi connectivity index (χ4n) is 2.02. The number of halogens is 1. The number of alkyl halides is 1. The second-order valence-corrected chi connectivity index (χ2v) is 4.70. The van der Waals surface area contributed by atoms with Crippen LogP contribution >= 0.6 is 11.6 Å². The Hall–Kier alpha value is -0.650. The van der Waals surface area contributed by atoms with Crippen LogP contribution in [0.5, 0.6) is 0 Å². The largest absolute Gasteiger partial charge is 0.304 e. The molecule has 0 aliphatic carbocycles. The van der Waals surface area contributed by atoms with Gasteiger partial charge in [-0.3, -0.25) is 5.10 Å². The molecule has 0 bridgehead atoms. The standard InChI is InChI=1S/C10H18ClN5/c1-15-3-4-16(2)8(7-15)5-9-12-10(6-11)14-13-9/h8H,3-7H2,1-2H3,(H,12,13,14). The molecule has 1 saturated heterocycles. The third kappa shape index (κ3) is 2.72. The number of piperazine rings is 1. The zero-order valence-corrected chi connectivity index (χ0v) is 10.5. The number of likely N-dealkylation sites (N-methyl/N-ethyl adjacent to an activating group) is 2. The van der Waals surface area contributed by atoms with Crippen molar-refractivity contribution in [3.63, 3.8) is 0 Å². The predicted octanol–water partition coefficient (Wildman–Crippen LogP) is 0.332. The summed E-state index contributed by atoms with van der Waals surface area (Å²) in [6.07, 6.45) is 0.883. The number of rotatable bonds is 3. The van der Waals surface area contributed by atoms with Gasteiger partial charge in [0.1, 0.15) is 5.82 Å². The number of nitrogens with one attached hydrogen (secondary N) is 1. The Morgan fingerprint density at radius 3 is 2.94 bits per heavy atom. The van der Waals surface area contributed by atoms with Gasteiger partial charge in [0, 0.05) is 32.1 Å². The molecule has 6 heteroatoms. The van der Waals surface area contributed by atoms with Gasteiger partial charge >= 0.3 is 0 Å². The summed E-state index contributed by atoms with van der Waals surface area (Å²) >= 11 is 5.68. The quantitative estimate of drug-likeness (QED) is 0.778. The van der Waals surface area contributed by atoms with Gasteiger partial charge in [-0.05, 0) is 14.1 Å². The van der Waals surface area contributed by atoms with Gasteiger partial charge in [-0.25, -0.2) is 4.98 Å². The minimum atomic E-state index is 0.396. The molecule has 1 aromatic heterocycles. The van der Waals surface area contributed by atoms with E-state index in [1.165, 1.54) is 0 Å². The zero-order valence-electron chi connectivity index (χ0n) is 9.78. The molecule has 1 fully saturated rings. The maximum atomic E-state index is 5.68. The first-order valence-electron chi connectivity index (χ1n) is 5.54. The summed E-state index contributed by atoms with van der Waals surface area (Å²) in [5, 5.41) is 7.02. The summed E-state index contributed by atoms with van der Waals surface area (Å²) in [7, 11) is 4.31. The minimum Gasteiger partial charge on any atom is -0.304 e. The normalized spacial score (nSPS) is 23.8. The van der Waals surface area contributed by atoms with E-state index in [0.717, 1.165) is 37.7 Å². The Balaban J connectivity index is 1.97. The highest BCUT2D eigenvalue weighted by molar-refractivity contribution is 6.16. The molecule has 1 aromatic rings. The fraction of sp³-hybridized carbons (Fsp3) is 0.800. The summed E-state index contributed by atoms with van der Waals surface area (Å²) in [5.74, 6) is 2.01. The summed E-state index contributed by atoms with van der Waals surface area (Å²) in [4.78, 5) is 9.06. The maximum Gasteiger partial charge on any atom is 0.152 e. The van der Waals surface area contributed by atoms with Crippen LogP contribution in [0.25, 0.3) is 0 Å². The lowest BCUT2D eigenvalue weighted by molar-refractivity contribution is 0.113. The van der Waals surface area contributed by atoms with Gasteiger partial charge in [0.25, 0.3) is 0 Å². The molecule has 5 nitrogen and oxygen atoms in total. The first-order valence-corrected chi connectivity index (χ1v) is 6.07. The van der Waals surface area contributed by atoms with Crippen molar-refractivity contribution in [3.8, 4) is 0 Å². The average molecular weight is 244 g/mol. The Kier molecular flexibility index (Phi) is 3.78. The molecule has 0 radical (unpaired) electrons. The van der Waals surface area contributed by atoms with E-state index in [0.29, 0.717) is 11.9 Å². The molecule has 90 valence electrons. The zero-order chi connectivity index (χ0) is 11.5. The van der Waals surface area contributed by atoms with Gasteiger partial charge in [-0.1, -0.05) is 0 Å². The molecule has 0 amide bonds. The van der Waals surface area contributed by atoms with Crippen molar-refractivity contribution >= 4 is 11.6 Å². The van der Waals surface area contributed by atoms with E-state index < -0.39 is 0 Å². The number of aromatic nitrogens is 3. The van der Waals surface area contributed by atoms with Crippen molar-refractivity contribution in [2.75, 3.05) is 33.7 Å². The summed E-state index contributed by atoms with van der Waals surface area (Å²) in [6, 6.07) is 0.498. The number of nitrogens with zero attached hydrogens (tertiary/aromatic N) is 4. The van der Waals surface area contributed by atoms with Crippen LogP contribution in [-0.2, 0) is 12.3 Å². The molecule has 1 unspecified atom stereocenters. The van der Waals surface area contributed by atoms with Crippen LogP contribution in [-0.4, -0.2) is 64.8 Å². The lowest BCUT2D eigenvalue weighted by atomic mass is 10.1. The smallest absolute Gasteiger partial charge is 0.152 e. The van der Waals surface area contributed by atoms with Crippen LogP contribution in [0.1, 0.15) is 11.6 Å². The minimum absolute atomic E-state index is 0.396. The van der Waals surface area contributed by atoms with Crippen LogP contribution in [0.4, 0.5) is 0 Å². The van der Waals surface area contributed by atoms with E-state index in [9.17, 15) is 0 Å². The van der Waals surface area contributed by atoms with Crippen LogP contribution in [0.3, 0.4) is 0 Å². The second-order valence-electron chi connectivity index (χ2n) is 4.43. The van der Waals surface area contributed by atoms with E-state index in [1.54, 1.807) is 0 Å². The Morgan fingerprint density at radius 2 is 2.25 bits per heavy atom. The van der Waals surface area contributed by atoms with E-state index in [2.05, 4.69) is 39.1 Å². The van der Waals surface area contributed by atoms with Gasteiger partial charge in [0.2, 0.25) is 0 Å². The molecule has 0 aromatic carbocycles. The summed E-state index contributed by atoms with van der Waals surface area (Å²) in [6.45, 7) is 3.31. The Bertz CT molecular complexity index is 340. The van der Waals surface area contributed by atoms with Crippen molar-refractivity contribution in [1.29, 1.82) is 0 Å². The Morgan fingerprint density at radius 1 is 1.44 bits per heavy atom. The van der Waals surface area contributed by atoms with Gasteiger partial charge in [0.05, 0.1) is 5.88 Å². The average Bonchev–Trinajstić information content (AvgIpc) is 2.71. The van der Waals surface area contributed by atoms with Gasteiger partial charge in [-0.2, -0.15) is 5.10 Å². The highest BCUT2D eigenvalue weighted by Crippen LogP contribution is 2.10. The predicted molar refractivity (Wildman–Crippen MR) is 63.6 cm³/mol. The topological polar surface area (TPSA) is 48.0 Å². The van der Waals surface area contributed by atoms with E-state index in [-0.39, 0.29) is 0 Å². The molecule has 16 heavy (non-hydrogen) atoms. The molecule has 1 aliphatic rings. The third-order valence-electron chi connectivity index (χ3n) is 3.10. The number of hydrogen-bond donors (Lipinski definition) is 1. The third-order valence-corrected chi connectivity index (χ3v) is 3.36. The van der Waals surface area contributed by atoms with E-state index in [1.807, 2.05) is 0 Å². The molecule has 1 N–H and O–H groups in total. The Labute approximate surface area is 101 Å². The monoisotopic (exact) mass is 243 g/mol. The van der Waals surface area contributed by atoms with Gasteiger partial charge < -0.3 is 9.80 Å². The SMILES string of the molecule is CN1CCN(C)C(Cc2n[nH]c(CCl)n2)C1. The van der Waals surface area contributed by atoms with Crippen molar-refractivity contribution in [1.82, 2.24) is 25.0 Å². The first kappa shape index (κ1) is 11.8. The van der Waals surface area contributed by atoms with Crippen molar-refractivity contribution in [3.05, 3.63) is 11.6 Å². The summed E-state index contributed by atoms with van der Waals surface area (Å²) < 4.78 is 0. The molecular weight excluding hydrogens is 226 g/mol. The first-order chi connectivity index (χ1) is 7.69. The van der Waals surface area contributed by atoms with Crippen LogP contribution in [0.15, 0.2) is 0 Å². The van der Waals surface area contributed by atoms with E-state index >= 15 is 0 Å². The van der Waals surface area contributed by atoms with Crippen molar-refractivity contribution < 1.29 is 0 Å². The summed E-state index contributed by atoms with van der Waals surface area (Å²) in [5.41, 5.74) is 0. The molecular formula is C10H18ClN5. The van der Waals surface area contributed by atoms with Crippen LogP contribution < -0.4 is 0 Å². The molecule has 1 atom stereocenters.